The molecule has 0 spiro atoms. The first kappa shape index (κ1) is 20.1. The van der Waals surface area contributed by atoms with Crippen LogP contribution in [0.4, 0.5) is 5.69 Å². The molecule has 1 amide bonds. The molecule has 0 atom stereocenters. The van der Waals surface area contributed by atoms with Crippen LogP contribution in [-0.4, -0.2) is 40.5 Å². The van der Waals surface area contributed by atoms with Crippen molar-refractivity contribution in [1.29, 1.82) is 0 Å². The lowest BCUT2D eigenvalue weighted by atomic mass is 10.2. The normalized spacial score (nSPS) is 12.8. The van der Waals surface area contributed by atoms with E-state index in [1.807, 2.05) is 12.1 Å². The summed E-state index contributed by atoms with van der Waals surface area (Å²) >= 11 is 0. The van der Waals surface area contributed by atoms with Crippen LogP contribution in [0.3, 0.4) is 0 Å². The molecule has 9 heteroatoms. The van der Waals surface area contributed by atoms with Gasteiger partial charge in [0.05, 0.1) is 18.2 Å². The molecule has 0 saturated carbocycles. The van der Waals surface area contributed by atoms with Crippen LogP contribution >= 0.6 is 0 Å². The van der Waals surface area contributed by atoms with Crippen LogP contribution in [-0.2, 0) is 21.2 Å². The van der Waals surface area contributed by atoms with Crippen LogP contribution in [0.1, 0.15) is 25.0 Å². The van der Waals surface area contributed by atoms with Gasteiger partial charge in [-0.3, -0.25) is 9.10 Å². The molecule has 1 N–H and O–H groups in total. The highest BCUT2D eigenvalue weighted by molar-refractivity contribution is 7.92. The fourth-order valence-electron chi connectivity index (χ4n) is 2.94. The maximum absolute atomic E-state index is 12.2. The number of carbonyl (C=O) groups is 1. The minimum Gasteiger partial charge on any atom is -0.469 e. The number of benzene rings is 1. The Labute approximate surface area is 164 Å². The van der Waals surface area contributed by atoms with E-state index in [9.17, 15) is 13.2 Å². The Hall–Kier alpha value is -2.68. The zero-order valence-electron chi connectivity index (χ0n) is 15.7. The third kappa shape index (κ3) is 5.41. The van der Waals surface area contributed by atoms with E-state index in [-0.39, 0.29) is 25.7 Å². The van der Waals surface area contributed by atoms with Crippen molar-refractivity contribution in [2.45, 2.75) is 25.7 Å². The van der Waals surface area contributed by atoms with Crippen molar-refractivity contribution in [1.82, 2.24) is 5.32 Å². The third-order valence-corrected chi connectivity index (χ3v) is 5.51. The van der Waals surface area contributed by atoms with Crippen LogP contribution < -0.4 is 19.1 Å². The Morgan fingerprint density at radius 3 is 2.75 bits per heavy atom. The molecule has 3 rings (SSSR count). The summed E-state index contributed by atoms with van der Waals surface area (Å²) < 4.78 is 41.4. The van der Waals surface area contributed by atoms with Gasteiger partial charge in [-0.05, 0) is 37.1 Å². The number of rotatable bonds is 10. The molecular formula is C19H24N2O6S. The molecule has 0 fully saturated rings. The van der Waals surface area contributed by atoms with Gasteiger partial charge in [0, 0.05) is 32.0 Å². The Balaban J connectivity index is 1.46. The van der Waals surface area contributed by atoms with Gasteiger partial charge < -0.3 is 19.2 Å². The minimum atomic E-state index is -3.48. The summed E-state index contributed by atoms with van der Waals surface area (Å²) in [7, 11) is -3.48. The van der Waals surface area contributed by atoms with Gasteiger partial charge in [0.15, 0.2) is 11.5 Å². The van der Waals surface area contributed by atoms with Crippen LogP contribution in [0.25, 0.3) is 0 Å². The van der Waals surface area contributed by atoms with E-state index in [4.69, 9.17) is 13.9 Å². The number of hydrogen-bond acceptors (Lipinski definition) is 6. The Bertz CT molecular complexity index is 895. The van der Waals surface area contributed by atoms with Gasteiger partial charge in [-0.2, -0.15) is 0 Å². The van der Waals surface area contributed by atoms with Crippen molar-refractivity contribution < 1.29 is 27.1 Å². The zero-order chi connectivity index (χ0) is 20.0. The average Bonchev–Trinajstić information content (AvgIpc) is 3.32. The predicted octanol–water partition coefficient (Wildman–Crippen LogP) is 2.30. The molecule has 1 aliphatic rings. The molecular weight excluding hydrogens is 384 g/mol. The van der Waals surface area contributed by atoms with E-state index >= 15 is 0 Å². The average molecular weight is 408 g/mol. The number of carbonyl (C=O) groups excluding carboxylic acids is 1. The van der Waals surface area contributed by atoms with Crippen molar-refractivity contribution in [2.24, 2.45) is 0 Å². The number of nitrogens with zero attached hydrogens (tertiary/aromatic N) is 1. The van der Waals surface area contributed by atoms with Crippen LogP contribution in [0.2, 0.25) is 0 Å². The molecule has 0 radical (unpaired) electrons. The Morgan fingerprint density at radius 2 is 2.00 bits per heavy atom. The molecule has 0 saturated heterocycles. The first-order chi connectivity index (χ1) is 13.4. The lowest BCUT2D eigenvalue weighted by Gasteiger charge is -2.22. The molecule has 8 nitrogen and oxygen atoms in total. The number of aryl methyl sites for hydroxylation is 1. The van der Waals surface area contributed by atoms with Crippen LogP contribution in [0.5, 0.6) is 11.5 Å². The second-order valence-corrected chi connectivity index (χ2v) is 8.42. The Morgan fingerprint density at radius 1 is 1.18 bits per heavy atom. The van der Waals surface area contributed by atoms with Gasteiger partial charge in [0.1, 0.15) is 5.76 Å². The van der Waals surface area contributed by atoms with Gasteiger partial charge in [-0.25, -0.2) is 8.42 Å². The highest BCUT2D eigenvalue weighted by Gasteiger charge is 2.21. The largest absolute Gasteiger partial charge is 0.469 e. The van der Waals surface area contributed by atoms with E-state index in [1.165, 1.54) is 4.31 Å². The summed E-state index contributed by atoms with van der Waals surface area (Å²) in [6.07, 6.45) is 4.97. The Kier molecular flexibility index (Phi) is 6.45. The summed E-state index contributed by atoms with van der Waals surface area (Å²) in [6, 6.07) is 8.72. The molecule has 0 bridgehead atoms. The number of ether oxygens (including phenoxy) is 2. The molecule has 0 unspecified atom stereocenters. The van der Waals surface area contributed by atoms with Crippen molar-refractivity contribution in [3.05, 3.63) is 42.4 Å². The molecule has 2 heterocycles. The number of sulfonamides is 1. The monoisotopic (exact) mass is 408 g/mol. The highest BCUT2D eigenvalue weighted by Crippen LogP contribution is 2.36. The summed E-state index contributed by atoms with van der Waals surface area (Å²) in [5.74, 6) is 1.90. The number of nitrogens with one attached hydrogen (secondary N) is 1. The van der Waals surface area contributed by atoms with Crippen molar-refractivity contribution in [3.63, 3.8) is 0 Å². The van der Waals surface area contributed by atoms with Gasteiger partial charge >= 0.3 is 0 Å². The smallest absolute Gasteiger partial charge is 0.232 e. The predicted molar refractivity (Wildman–Crippen MR) is 104 cm³/mol. The number of anilines is 1. The first-order valence-electron chi connectivity index (χ1n) is 9.10. The van der Waals surface area contributed by atoms with Crippen LogP contribution in [0.15, 0.2) is 41.0 Å². The van der Waals surface area contributed by atoms with E-state index in [0.717, 1.165) is 24.9 Å². The van der Waals surface area contributed by atoms with E-state index in [2.05, 4.69) is 5.32 Å². The lowest BCUT2D eigenvalue weighted by Crippen LogP contribution is -2.32. The highest BCUT2D eigenvalue weighted by atomic mass is 32.2. The topological polar surface area (TPSA) is 98.1 Å². The van der Waals surface area contributed by atoms with E-state index in [0.29, 0.717) is 30.2 Å². The number of furan rings is 1. The molecule has 152 valence electrons. The molecule has 1 aromatic heterocycles. The number of amides is 1. The number of hydrogen-bond donors (Lipinski definition) is 1. The molecule has 28 heavy (non-hydrogen) atoms. The van der Waals surface area contributed by atoms with E-state index in [1.54, 1.807) is 24.5 Å². The number of fused-ring (bicyclic) bond motifs is 1. The van der Waals surface area contributed by atoms with Gasteiger partial charge in [0.2, 0.25) is 22.7 Å². The van der Waals surface area contributed by atoms with Crippen LogP contribution in [0, 0.1) is 0 Å². The second kappa shape index (κ2) is 9.01. The van der Waals surface area contributed by atoms with Crippen molar-refractivity contribution in [3.8, 4) is 11.5 Å². The summed E-state index contributed by atoms with van der Waals surface area (Å²) in [5.41, 5.74) is 0.491. The minimum absolute atomic E-state index is 0.0985. The van der Waals surface area contributed by atoms with Gasteiger partial charge in [-0.15, -0.1) is 0 Å². The maximum Gasteiger partial charge on any atom is 0.232 e. The fraction of sp³-hybridized carbons (Fsp3) is 0.421. The lowest BCUT2D eigenvalue weighted by molar-refractivity contribution is -0.121. The summed E-state index contributed by atoms with van der Waals surface area (Å²) in [4.78, 5) is 12.0. The molecule has 1 aliphatic heterocycles. The zero-order valence-corrected chi connectivity index (χ0v) is 16.5. The quantitative estimate of drug-likeness (QED) is 0.606. The standard InChI is InChI=1S/C19H24N2O6S/c1-28(23,24)21(15-8-9-17-18(13-15)27-14-26-17)11-3-7-19(22)20-10-2-5-16-6-4-12-25-16/h4,6,8-9,12-13H,2-3,5,7,10-11,14H2,1H3,(H,20,22). The first-order valence-corrected chi connectivity index (χ1v) is 10.9. The third-order valence-electron chi connectivity index (χ3n) is 4.31. The van der Waals surface area contributed by atoms with Gasteiger partial charge in [0.25, 0.3) is 0 Å². The van der Waals surface area contributed by atoms with Gasteiger partial charge in [-0.1, -0.05) is 0 Å². The molecule has 1 aromatic carbocycles. The molecule has 0 aliphatic carbocycles. The summed E-state index contributed by atoms with van der Waals surface area (Å²) in [6.45, 7) is 0.882. The summed E-state index contributed by atoms with van der Waals surface area (Å²) in [5, 5.41) is 2.85. The fourth-order valence-corrected chi connectivity index (χ4v) is 3.90. The maximum atomic E-state index is 12.2. The van der Waals surface area contributed by atoms with Crippen molar-refractivity contribution in [2.75, 3.05) is 30.4 Å². The molecule has 2 aromatic rings. The van der Waals surface area contributed by atoms with E-state index < -0.39 is 10.0 Å². The van der Waals surface area contributed by atoms with Crippen molar-refractivity contribution >= 4 is 21.6 Å². The SMILES string of the molecule is CS(=O)(=O)N(CCCC(=O)NCCCc1ccco1)c1ccc2c(c1)OCO2. The second-order valence-electron chi connectivity index (χ2n) is 6.51.